The Labute approximate surface area is 160 Å². The lowest BCUT2D eigenvalue weighted by Crippen LogP contribution is -2.53. The predicted octanol–water partition coefficient (Wildman–Crippen LogP) is 0.764. The van der Waals surface area contributed by atoms with Gasteiger partial charge in [0.05, 0.1) is 6.61 Å². The Bertz CT molecular complexity index is 574. The molecule has 0 bridgehead atoms. The molecule has 0 aromatic heterocycles. The van der Waals surface area contributed by atoms with Gasteiger partial charge in [-0.15, -0.1) is 0 Å². The molecule has 1 heterocycles. The van der Waals surface area contributed by atoms with E-state index in [2.05, 4.69) is 10.6 Å². The Morgan fingerprint density at radius 2 is 1.96 bits per heavy atom. The van der Waals surface area contributed by atoms with Gasteiger partial charge in [-0.1, -0.05) is 19.9 Å². The number of carbonyl (C=O) groups excluding carboxylic acids is 4. The first-order valence-corrected chi connectivity index (χ1v) is 9.47. The zero-order valence-electron chi connectivity index (χ0n) is 16.6. The number of likely N-dealkylation sites (tertiary alicyclic amines) is 1. The molecule has 3 amide bonds. The fraction of sp³-hybridized carbons (Fsp3) is 0.684. The number of carbonyl (C=O) groups is 4. The molecule has 1 aliphatic rings. The molecule has 1 fully saturated rings. The van der Waals surface area contributed by atoms with Crippen LogP contribution in [0.25, 0.3) is 0 Å². The molecular weight excluding hydrogens is 350 g/mol. The molecule has 1 rings (SSSR count). The molecule has 0 aromatic rings. The second kappa shape index (κ2) is 11.4. The Balaban J connectivity index is 2.74. The first kappa shape index (κ1) is 22.7. The Hall–Kier alpha value is -2.38. The van der Waals surface area contributed by atoms with Gasteiger partial charge < -0.3 is 20.3 Å². The molecule has 0 aliphatic carbocycles. The summed E-state index contributed by atoms with van der Waals surface area (Å²) in [6, 6.07) is -1.35. The number of esters is 1. The van der Waals surface area contributed by atoms with Crippen molar-refractivity contribution in [2.45, 2.75) is 59.0 Å². The molecule has 0 saturated carbocycles. The van der Waals surface area contributed by atoms with Gasteiger partial charge in [-0.05, 0) is 45.1 Å². The fourth-order valence-corrected chi connectivity index (χ4v) is 3.01. The van der Waals surface area contributed by atoms with Crippen LogP contribution in [0.5, 0.6) is 0 Å². The lowest BCUT2D eigenvalue weighted by atomic mass is 10.0. The van der Waals surface area contributed by atoms with Gasteiger partial charge in [0, 0.05) is 6.54 Å². The molecule has 1 saturated heterocycles. The maximum Gasteiger partial charge on any atom is 0.325 e. The highest BCUT2D eigenvalue weighted by molar-refractivity contribution is 5.95. The molecule has 2 atom stereocenters. The molecule has 0 spiro atoms. The van der Waals surface area contributed by atoms with E-state index in [-0.39, 0.29) is 30.9 Å². The van der Waals surface area contributed by atoms with Crippen molar-refractivity contribution in [2.75, 3.05) is 19.7 Å². The van der Waals surface area contributed by atoms with E-state index in [1.54, 1.807) is 19.9 Å². The van der Waals surface area contributed by atoms with Crippen LogP contribution in [0.2, 0.25) is 0 Å². The molecule has 0 aromatic carbocycles. The van der Waals surface area contributed by atoms with Crippen molar-refractivity contribution in [2.24, 2.45) is 5.92 Å². The molecule has 152 valence electrons. The van der Waals surface area contributed by atoms with E-state index in [9.17, 15) is 19.2 Å². The molecule has 1 aliphatic heterocycles. The summed E-state index contributed by atoms with van der Waals surface area (Å²) in [4.78, 5) is 50.2. The van der Waals surface area contributed by atoms with Crippen molar-refractivity contribution >= 4 is 23.7 Å². The first-order chi connectivity index (χ1) is 12.8. The fourth-order valence-electron chi connectivity index (χ4n) is 3.01. The number of amides is 3. The van der Waals surface area contributed by atoms with Gasteiger partial charge in [0.15, 0.2) is 0 Å². The van der Waals surface area contributed by atoms with Crippen LogP contribution in [0, 0.1) is 5.92 Å². The Morgan fingerprint density at radius 3 is 2.56 bits per heavy atom. The van der Waals surface area contributed by atoms with Crippen molar-refractivity contribution in [3.63, 3.8) is 0 Å². The third-order valence-electron chi connectivity index (χ3n) is 4.20. The number of hydrogen-bond donors (Lipinski definition) is 2. The Kier molecular flexibility index (Phi) is 9.53. The third kappa shape index (κ3) is 7.40. The van der Waals surface area contributed by atoms with Gasteiger partial charge in [-0.25, -0.2) is 0 Å². The van der Waals surface area contributed by atoms with Gasteiger partial charge in [0.1, 0.15) is 18.6 Å². The number of nitrogens with zero attached hydrogens (tertiary/aromatic N) is 1. The zero-order valence-corrected chi connectivity index (χ0v) is 16.6. The van der Waals surface area contributed by atoms with Crippen LogP contribution in [0.4, 0.5) is 0 Å². The molecular formula is C19H31N3O5. The van der Waals surface area contributed by atoms with E-state index >= 15 is 0 Å². The summed E-state index contributed by atoms with van der Waals surface area (Å²) in [5.74, 6) is -1.36. The van der Waals surface area contributed by atoms with Crippen LogP contribution in [0.1, 0.15) is 47.0 Å². The number of hydrogen-bond acceptors (Lipinski definition) is 5. The Morgan fingerprint density at radius 1 is 1.26 bits per heavy atom. The summed E-state index contributed by atoms with van der Waals surface area (Å²) in [7, 11) is 0. The highest BCUT2D eigenvalue weighted by Gasteiger charge is 2.35. The standard InChI is InChI=1S/C19H31N3O5/c1-5-8-16(23)22-10-7-9-15(22)19(26)21-14(11-13(3)4)18(25)20-12-17(24)27-6-2/h5,8,13-15H,6-7,9-12H2,1-4H3,(H,20,25)(H,21,26)/b8-5+/t14-,15-/m0/s1. The van der Waals surface area contributed by atoms with E-state index in [1.807, 2.05) is 13.8 Å². The predicted molar refractivity (Wildman–Crippen MR) is 101 cm³/mol. The second-order valence-corrected chi connectivity index (χ2v) is 6.90. The van der Waals surface area contributed by atoms with Gasteiger partial charge in [-0.3, -0.25) is 19.2 Å². The minimum Gasteiger partial charge on any atom is -0.465 e. The number of ether oxygens (including phenoxy) is 1. The van der Waals surface area contributed by atoms with Gasteiger partial charge >= 0.3 is 5.97 Å². The molecule has 8 heteroatoms. The maximum atomic E-state index is 12.7. The minimum atomic E-state index is -0.772. The van der Waals surface area contributed by atoms with E-state index in [0.29, 0.717) is 19.4 Å². The second-order valence-electron chi connectivity index (χ2n) is 6.90. The average molecular weight is 381 g/mol. The monoisotopic (exact) mass is 381 g/mol. The smallest absolute Gasteiger partial charge is 0.325 e. The summed E-state index contributed by atoms with van der Waals surface area (Å²) in [6.07, 6.45) is 4.80. The van der Waals surface area contributed by atoms with Crippen molar-refractivity contribution in [3.8, 4) is 0 Å². The average Bonchev–Trinajstić information content (AvgIpc) is 3.09. The highest BCUT2D eigenvalue weighted by Crippen LogP contribution is 2.18. The van der Waals surface area contributed by atoms with Gasteiger partial charge in [-0.2, -0.15) is 0 Å². The largest absolute Gasteiger partial charge is 0.465 e. The molecule has 0 unspecified atom stereocenters. The van der Waals surface area contributed by atoms with E-state index in [4.69, 9.17) is 4.74 Å². The number of rotatable bonds is 9. The maximum absolute atomic E-state index is 12.7. The highest BCUT2D eigenvalue weighted by atomic mass is 16.5. The van der Waals surface area contributed by atoms with Crippen molar-refractivity contribution in [1.82, 2.24) is 15.5 Å². The van der Waals surface area contributed by atoms with Gasteiger partial charge in [0.25, 0.3) is 0 Å². The van der Waals surface area contributed by atoms with Crippen molar-refractivity contribution in [1.29, 1.82) is 0 Å². The first-order valence-electron chi connectivity index (χ1n) is 9.47. The minimum absolute atomic E-state index is 0.160. The van der Waals surface area contributed by atoms with Crippen LogP contribution in [-0.2, 0) is 23.9 Å². The van der Waals surface area contributed by atoms with Crippen LogP contribution in [0.3, 0.4) is 0 Å². The normalized spacial score (nSPS) is 17.8. The lowest BCUT2D eigenvalue weighted by molar-refractivity contribution is -0.143. The lowest BCUT2D eigenvalue weighted by Gasteiger charge is -2.26. The van der Waals surface area contributed by atoms with E-state index in [0.717, 1.165) is 6.42 Å². The summed E-state index contributed by atoms with van der Waals surface area (Å²) >= 11 is 0. The number of allylic oxidation sites excluding steroid dienone is 1. The SMILES string of the molecule is C/C=C/C(=O)N1CCC[C@H]1C(=O)N[C@@H](CC(C)C)C(=O)NCC(=O)OCC. The topological polar surface area (TPSA) is 105 Å². The van der Waals surface area contributed by atoms with E-state index in [1.165, 1.54) is 11.0 Å². The summed E-state index contributed by atoms with van der Waals surface area (Å²) in [5.41, 5.74) is 0. The zero-order chi connectivity index (χ0) is 20.4. The summed E-state index contributed by atoms with van der Waals surface area (Å²) < 4.78 is 4.79. The van der Waals surface area contributed by atoms with E-state index < -0.39 is 24.0 Å². The quantitative estimate of drug-likeness (QED) is 0.453. The van der Waals surface area contributed by atoms with Crippen LogP contribution in [-0.4, -0.2) is 60.4 Å². The molecule has 8 nitrogen and oxygen atoms in total. The van der Waals surface area contributed by atoms with Crippen LogP contribution in [0.15, 0.2) is 12.2 Å². The van der Waals surface area contributed by atoms with Crippen LogP contribution < -0.4 is 10.6 Å². The molecule has 0 radical (unpaired) electrons. The van der Waals surface area contributed by atoms with Crippen molar-refractivity contribution in [3.05, 3.63) is 12.2 Å². The number of nitrogens with one attached hydrogen (secondary N) is 2. The third-order valence-corrected chi connectivity index (χ3v) is 4.20. The van der Waals surface area contributed by atoms with Gasteiger partial charge in [0.2, 0.25) is 17.7 Å². The van der Waals surface area contributed by atoms with Crippen molar-refractivity contribution < 1.29 is 23.9 Å². The van der Waals surface area contributed by atoms with Crippen LogP contribution >= 0.6 is 0 Å². The summed E-state index contributed by atoms with van der Waals surface area (Å²) in [5, 5.41) is 5.25. The summed E-state index contributed by atoms with van der Waals surface area (Å²) in [6.45, 7) is 7.82. The molecule has 2 N–H and O–H groups in total. The molecule has 27 heavy (non-hydrogen) atoms.